The first-order valence-electron chi connectivity index (χ1n) is 7.42. The van der Waals surface area contributed by atoms with E-state index >= 15 is 0 Å². The van der Waals surface area contributed by atoms with Gasteiger partial charge in [0.2, 0.25) is 15.9 Å². The Bertz CT molecular complexity index is 779. The number of rotatable bonds is 4. The van der Waals surface area contributed by atoms with E-state index in [1.807, 2.05) is 5.32 Å². The molecule has 0 spiro atoms. The minimum atomic E-state index is -3.96. The lowest BCUT2D eigenvalue weighted by molar-refractivity contribution is -0.125. The summed E-state index contributed by atoms with van der Waals surface area (Å²) >= 11 is 0. The monoisotopic (exact) mass is 376 g/mol. The largest absolute Gasteiger partial charge is 0.351 e. The Labute approximate surface area is 143 Å². The molecule has 1 saturated heterocycles. The maximum atomic E-state index is 13.3. The molecule has 3 N–H and O–H groups in total. The van der Waals surface area contributed by atoms with E-state index in [2.05, 4.69) is 0 Å². The van der Waals surface area contributed by atoms with Crippen LogP contribution < -0.4 is 11.1 Å². The van der Waals surface area contributed by atoms with Crippen molar-refractivity contribution in [1.29, 1.82) is 0 Å². The number of piperazine rings is 1. The molecule has 1 aromatic carbocycles. The van der Waals surface area contributed by atoms with Gasteiger partial charge in [0.15, 0.2) is 11.6 Å². The van der Waals surface area contributed by atoms with Crippen molar-refractivity contribution in [3.8, 4) is 0 Å². The predicted octanol–water partition coefficient (Wildman–Crippen LogP) is -0.145. The van der Waals surface area contributed by atoms with E-state index in [-0.39, 0.29) is 31.1 Å². The first-order valence-corrected chi connectivity index (χ1v) is 8.86. The molecule has 1 atom stereocenters. The van der Waals surface area contributed by atoms with E-state index in [4.69, 9.17) is 5.73 Å². The van der Waals surface area contributed by atoms with Crippen molar-refractivity contribution in [2.45, 2.75) is 17.9 Å². The van der Waals surface area contributed by atoms with E-state index < -0.39 is 39.6 Å². The number of urea groups is 1. The number of benzene rings is 1. The van der Waals surface area contributed by atoms with Crippen molar-refractivity contribution in [2.75, 3.05) is 26.2 Å². The first kappa shape index (κ1) is 19.2. The molecular formula is C14H18F2N4O4S. The van der Waals surface area contributed by atoms with Crippen LogP contribution in [-0.4, -0.2) is 61.8 Å². The van der Waals surface area contributed by atoms with Crippen LogP contribution in [0.15, 0.2) is 23.1 Å². The highest BCUT2D eigenvalue weighted by Gasteiger charge is 2.32. The van der Waals surface area contributed by atoms with Crippen LogP contribution in [0.2, 0.25) is 0 Å². The molecule has 1 unspecified atom stereocenters. The second kappa shape index (κ2) is 7.42. The highest BCUT2D eigenvalue weighted by atomic mass is 32.2. The van der Waals surface area contributed by atoms with Gasteiger partial charge in [-0.15, -0.1) is 0 Å². The summed E-state index contributed by atoms with van der Waals surface area (Å²) in [5.74, 6) is -2.95. The average molecular weight is 376 g/mol. The third-order valence-corrected chi connectivity index (χ3v) is 5.87. The molecule has 1 aliphatic heterocycles. The molecule has 1 heterocycles. The smallest absolute Gasteiger partial charge is 0.318 e. The molecule has 11 heteroatoms. The Hall–Kier alpha value is -2.11. The molecule has 2 rings (SSSR count). The molecule has 25 heavy (non-hydrogen) atoms. The van der Waals surface area contributed by atoms with Gasteiger partial charge in [0.05, 0.1) is 10.9 Å². The molecule has 138 valence electrons. The van der Waals surface area contributed by atoms with Gasteiger partial charge >= 0.3 is 6.03 Å². The number of hydrogen-bond acceptors (Lipinski definition) is 5. The van der Waals surface area contributed by atoms with Gasteiger partial charge in [0.1, 0.15) is 0 Å². The zero-order valence-electron chi connectivity index (χ0n) is 13.4. The van der Waals surface area contributed by atoms with Gasteiger partial charge in [-0.3, -0.25) is 15.0 Å². The van der Waals surface area contributed by atoms with Gasteiger partial charge < -0.3 is 5.73 Å². The number of nitrogens with one attached hydrogen (secondary N) is 1. The van der Waals surface area contributed by atoms with Crippen LogP contribution in [0.25, 0.3) is 0 Å². The van der Waals surface area contributed by atoms with E-state index in [0.717, 1.165) is 16.4 Å². The number of amides is 3. The summed E-state index contributed by atoms with van der Waals surface area (Å²) in [6.45, 7) is 2.16. The van der Waals surface area contributed by atoms with Gasteiger partial charge in [-0.2, -0.15) is 4.31 Å². The fourth-order valence-corrected chi connectivity index (χ4v) is 3.94. The molecule has 1 fully saturated rings. The van der Waals surface area contributed by atoms with Crippen molar-refractivity contribution in [1.82, 2.24) is 14.5 Å². The predicted molar refractivity (Wildman–Crippen MR) is 83.9 cm³/mol. The number of sulfonamides is 1. The second-order valence-electron chi connectivity index (χ2n) is 5.55. The van der Waals surface area contributed by atoms with Crippen molar-refractivity contribution in [3.63, 3.8) is 0 Å². The van der Waals surface area contributed by atoms with Crippen molar-refractivity contribution in [3.05, 3.63) is 29.8 Å². The van der Waals surface area contributed by atoms with Gasteiger partial charge in [-0.25, -0.2) is 22.0 Å². The topological polar surface area (TPSA) is 113 Å². The summed E-state index contributed by atoms with van der Waals surface area (Å²) in [4.78, 5) is 23.8. The molecule has 1 aliphatic rings. The van der Waals surface area contributed by atoms with Crippen LogP contribution in [0.4, 0.5) is 13.6 Å². The minimum Gasteiger partial charge on any atom is -0.351 e. The lowest BCUT2D eigenvalue weighted by atomic mass is 10.2. The normalized spacial score (nSPS) is 17.9. The number of hydrogen-bond donors (Lipinski definition) is 2. The fraction of sp³-hybridized carbons (Fsp3) is 0.429. The lowest BCUT2D eigenvalue weighted by Gasteiger charge is -2.36. The molecule has 3 amide bonds. The molecule has 0 aromatic heterocycles. The molecule has 0 aliphatic carbocycles. The van der Waals surface area contributed by atoms with E-state index in [9.17, 15) is 26.8 Å². The van der Waals surface area contributed by atoms with Crippen LogP contribution in [0.3, 0.4) is 0 Å². The van der Waals surface area contributed by atoms with Crippen molar-refractivity contribution < 1.29 is 26.8 Å². The third kappa shape index (κ3) is 4.30. The fourth-order valence-electron chi connectivity index (χ4n) is 2.51. The van der Waals surface area contributed by atoms with Gasteiger partial charge in [-0.1, -0.05) is 0 Å². The van der Waals surface area contributed by atoms with E-state index in [1.54, 1.807) is 11.8 Å². The number of halogens is 2. The van der Waals surface area contributed by atoms with E-state index in [1.165, 1.54) is 0 Å². The Balaban J connectivity index is 2.04. The van der Waals surface area contributed by atoms with Gasteiger partial charge in [0.25, 0.3) is 0 Å². The van der Waals surface area contributed by atoms with Crippen LogP contribution in [0.1, 0.15) is 6.92 Å². The number of nitrogens with zero attached hydrogens (tertiary/aromatic N) is 2. The lowest BCUT2D eigenvalue weighted by Crippen LogP contribution is -2.55. The van der Waals surface area contributed by atoms with Crippen molar-refractivity contribution in [2.24, 2.45) is 5.73 Å². The van der Waals surface area contributed by atoms with Crippen molar-refractivity contribution >= 4 is 22.0 Å². The molecule has 0 saturated carbocycles. The number of primary amides is 1. The molecule has 1 aromatic rings. The summed E-state index contributed by atoms with van der Waals surface area (Å²) in [6.07, 6.45) is 0. The first-order chi connectivity index (χ1) is 11.6. The quantitative estimate of drug-likeness (QED) is 0.759. The number of carbonyl (C=O) groups excluding carboxylic acids is 2. The Morgan fingerprint density at radius 3 is 2.28 bits per heavy atom. The average Bonchev–Trinajstić information content (AvgIpc) is 2.56. The Morgan fingerprint density at radius 1 is 1.16 bits per heavy atom. The standard InChI is InChI=1S/C14H18F2N4O4S/c1-9(13(21)18-14(17)22)19-4-6-20(7-5-19)25(23,24)10-2-3-11(15)12(16)8-10/h2-3,8-9H,4-7H2,1H3,(H3,17,18,21,22). The summed E-state index contributed by atoms with van der Waals surface area (Å²) in [5, 5.41) is 1.97. The third-order valence-electron chi connectivity index (χ3n) is 3.98. The molecule has 0 bridgehead atoms. The SMILES string of the molecule is CC(C(=O)NC(N)=O)N1CCN(S(=O)(=O)c2ccc(F)c(F)c2)CC1. The van der Waals surface area contributed by atoms with Gasteiger partial charge in [-0.05, 0) is 25.1 Å². The molecular weight excluding hydrogens is 358 g/mol. The van der Waals surface area contributed by atoms with Crippen LogP contribution in [0, 0.1) is 11.6 Å². The number of carbonyl (C=O) groups is 2. The second-order valence-corrected chi connectivity index (χ2v) is 7.48. The highest BCUT2D eigenvalue weighted by Crippen LogP contribution is 2.20. The van der Waals surface area contributed by atoms with Crippen LogP contribution in [-0.2, 0) is 14.8 Å². The Kier molecular flexibility index (Phi) is 5.70. The van der Waals surface area contributed by atoms with E-state index in [0.29, 0.717) is 6.07 Å². The summed E-state index contributed by atoms with van der Waals surface area (Å²) in [7, 11) is -3.96. The number of imide groups is 1. The summed E-state index contributed by atoms with van der Waals surface area (Å²) in [5.41, 5.74) is 4.89. The number of nitrogens with two attached hydrogens (primary N) is 1. The highest BCUT2D eigenvalue weighted by molar-refractivity contribution is 7.89. The maximum Gasteiger partial charge on any atom is 0.318 e. The zero-order valence-corrected chi connectivity index (χ0v) is 14.2. The maximum absolute atomic E-state index is 13.3. The summed E-state index contributed by atoms with van der Waals surface area (Å²) < 4.78 is 52.4. The Morgan fingerprint density at radius 2 is 1.76 bits per heavy atom. The van der Waals surface area contributed by atoms with Crippen LogP contribution >= 0.6 is 0 Å². The van der Waals surface area contributed by atoms with Crippen LogP contribution in [0.5, 0.6) is 0 Å². The minimum absolute atomic E-state index is 0.0650. The zero-order chi connectivity index (χ0) is 18.8. The summed E-state index contributed by atoms with van der Waals surface area (Å²) in [6, 6.07) is 0.773. The molecule has 0 radical (unpaired) electrons. The van der Waals surface area contributed by atoms with Gasteiger partial charge in [0, 0.05) is 26.2 Å². The molecule has 8 nitrogen and oxygen atoms in total.